The second-order valence-corrected chi connectivity index (χ2v) is 7.17. The van der Waals surface area contributed by atoms with E-state index >= 15 is 0 Å². The Labute approximate surface area is 175 Å². The molecular weight excluding hydrogens is 376 g/mol. The molecular formula is C25H22N2O3. The minimum atomic E-state index is -0.244. The average molecular weight is 398 g/mol. The van der Waals surface area contributed by atoms with E-state index < -0.39 is 0 Å². The topological polar surface area (TPSA) is 58.6 Å². The lowest BCUT2D eigenvalue weighted by atomic mass is 10.1. The molecule has 0 saturated heterocycles. The van der Waals surface area contributed by atoms with Crippen LogP contribution in [0.1, 0.15) is 16.7 Å². The van der Waals surface area contributed by atoms with Gasteiger partial charge in [-0.2, -0.15) is 0 Å². The maximum absolute atomic E-state index is 12.5. The number of nitrogens with zero attached hydrogens (tertiary/aromatic N) is 1. The lowest BCUT2D eigenvalue weighted by Crippen LogP contribution is -2.38. The molecule has 0 spiro atoms. The molecule has 1 aliphatic heterocycles. The van der Waals surface area contributed by atoms with Gasteiger partial charge in [0.05, 0.1) is 12.2 Å². The first-order valence-corrected chi connectivity index (χ1v) is 9.75. The van der Waals surface area contributed by atoms with Crippen molar-refractivity contribution in [2.45, 2.75) is 13.5 Å². The standard InChI is InChI=1S/C25H22N2O3/c1-18-7-9-20(10-8-18)16-27-22-15-21(12-13-23(22)30-17-25(27)29)26-24(28)14-11-19-5-3-2-4-6-19/h2-15H,16-17H2,1H3,(H,26,28)/b14-11+. The Hall–Kier alpha value is -3.86. The highest BCUT2D eigenvalue weighted by atomic mass is 16.5. The maximum atomic E-state index is 12.5. The molecule has 3 aromatic rings. The van der Waals surface area contributed by atoms with Gasteiger partial charge in [0.15, 0.2) is 6.61 Å². The van der Waals surface area contributed by atoms with Crippen LogP contribution in [0, 0.1) is 6.92 Å². The highest BCUT2D eigenvalue weighted by Gasteiger charge is 2.26. The zero-order valence-electron chi connectivity index (χ0n) is 16.7. The van der Waals surface area contributed by atoms with Crippen molar-refractivity contribution < 1.29 is 14.3 Å². The van der Waals surface area contributed by atoms with Crippen LogP contribution < -0.4 is 15.0 Å². The predicted octanol–water partition coefficient (Wildman–Crippen LogP) is 4.57. The fourth-order valence-electron chi connectivity index (χ4n) is 3.25. The van der Waals surface area contributed by atoms with E-state index in [1.807, 2.05) is 61.5 Å². The van der Waals surface area contributed by atoms with Crippen molar-refractivity contribution in [3.8, 4) is 5.75 Å². The molecule has 0 aromatic heterocycles. The van der Waals surface area contributed by atoms with Crippen molar-refractivity contribution in [1.29, 1.82) is 0 Å². The molecule has 0 bridgehead atoms. The van der Waals surface area contributed by atoms with E-state index in [1.165, 1.54) is 11.6 Å². The van der Waals surface area contributed by atoms with E-state index in [2.05, 4.69) is 5.32 Å². The number of carbonyl (C=O) groups is 2. The fourth-order valence-corrected chi connectivity index (χ4v) is 3.25. The van der Waals surface area contributed by atoms with Crippen molar-refractivity contribution in [2.75, 3.05) is 16.8 Å². The summed E-state index contributed by atoms with van der Waals surface area (Å²) in [5.74, 6) is 0.266. The minimum absolute atomic E-state index is 0.00435. The first kappa shape index (κ1) is 19.5. The number of hydrogen-bond donors (Lipinski definition) is 1. The number of ether oxygens (including phenoxy) is 1. The molecule has 1 aliphatic rings. The number of anilines is 2. The number of nitrogens with one attached hydrogen (secondary N) is 1. The van der Waals surface area contributed by atoms with Crippen LogP contribution in [0.15, 0.2) is 78.9 Å². The number of carbonyl (C=O) groups excluding carboxylic acids is 2. The van der Waals surface area contributed by atoms with Gasteiger partial charge in [0.1, 0.15) is 5.75 Å². The molecule has 5 nitrogen and oxygen atoms in total. The molecule has 150 valence electrons. The highest BCUT2D eigenvalue weighted by Crippen LogP contribution is 2.35. The second-order valence-electron chi connectivity index (χ2n) is 7.17. The molecule has 0 radical (unpaired) electrons. The molecule has 4 rings (SSSR count). The Morgan fingerprint density at radius 3 is 2.60 bits per heavy atom. The van der Waals surface area contributed by atoms with Crippen molar-refractivity contribution in [3.05, 3.63) is 95.6 Å². The number of aryl methyl sites for hydroxylation is 1. The second kappa shape index (κ2) is 8.66. The molecule has 0 unspecified atom stereocenters. The summed E-state index contributed by atoms with van der Waals surface area (Å²) in [5.41, 5.74) is 4.39. The van der Waals surface area contributed by atoms with Gasteiger partial charge in [-0.3, -0.25) is 9.59 Å². The highest BCUT2D eigenvalue weighted by molar-refractivity contribution is 6.03. The number of fused-ring (bicyclic) bond motifs is 1. The van der Waals surface area contributed by atoms with Crippen LogP contribution in [0.4, 0.5) is 11.4 Å². The number of hydrogen-bond acceptors (Lipinski definition) is 3. The van der Waals surface area contributed by atoms with Crippen LogP contribution in [0.3, 0.4) is 0 Å². The molecule has 3 aromatic carbocycles. The van der Waals surface area contributed by atoms with Crippen LogP contribution in [-0.2, 0) is 16.1 Å². The summed E-state index contributed by atoms with van der Waals surface area (Å²) in [7, 11) is 0. The smallest absolute Gasteiger partial charge is 0.265 e. The molecule has 0 aliphatic carbocycles. The Balaban J connectivity index is 1.52. The van der Waals surface area contributed by atoms with Crippen molar-refractivity contribution in [1.82, 2.24) is 0 Å². The summed E-state index contributed by atoms with van der Waals surface area (Å²) >= 11 is 0. The first-order valence-electron chi connectivity index (χ1n) is 9.75. The van der Waals surface area contributed by atoms with E-state index in [0.29, 0.717) is 23.7 Å². The molecule has 1 heterocycles. The van der Waals surface area contributed by atoms with Crippen LogP contribution in [0.25, 0.3) is 6.08 Å². The lowest BCUT2D eigenvalue weighted by Gasteiger charge is -2.30. The van der Waals surface area contributed by atoms with Gasteiger partial charge in [-0.05, 0) is 42.3 Å². The molecule has 2 amide bonds. The fraction of sp³-hybridized carbons (Fsp3) is 0.120. The normalized spacial score (nSPS) is 13.1. The molecule has 0 saturated carbocycles. The van der Waals surface area contributed by atoms with Gasteiger partial charge in [-0.25, -0.2) is 0 Å². The summed E-state index contributed by atoms with van der Waals surface area (Å²) < 4.78 is 5.57. The molecule has 30 heavy (non-hydrogen) atoms. The van der Waals surface area contributed by atoms with Gasteiger partial charge in [0.25, 0.3) is 5.91 Å². The maximum Gasteiger partial charge on any atom is 0.265 e. The van der Waals surface area contributed by atoms with Gasteiger partial charge in [0.2, 0.25) is 5.91 Å². The number of benzene rings is 3. The molecule has 1 N–H and O–H groups in total. The zero-order chi connectivity index (χ0) is 20.9. The van der Waals surface area contributed by atoms with E-state index in [-0.39, 0.29) is 18.4 Å². The Bertz CT molecular complexity index is 1090. The van der Waals surface area contributed by atoms with Gasteiger partial charge in [0, 0.05) is 11.8 Å². The largest absolute Gasteiger partial charge is 0.482 e. The monoisotopic (exact) mass is 398 g/mol. The first-order chi connectivity index (χ1) is 14.6. The van der Waals surface area contributed by atoms with E-state index in [9.17, 15) is 9.59 Å². The molecule has 0 fully saturated rings. The summed E-state index contributed by atoms with van der Waals surface area (Å²) in [6, 6.07) is 23.0. The van der Waals surface area contributed by atoms with Crippen LogP contribution in [0.5, 0.6) is 5.75 Å². The number of rotatable bonds is 5. The quantitative estimate of drug-likeness (QED) is 0.641. The van der Waals surface area contributed by atoms with Gasteiger partial charge < -0.3 is 15.0 Å². The summed E-state index contributed by atoms with van der Waals surface area (Å²) in [5, 5.41) is 2.85. The van der Waals surface area contributed by atoms with Crippen LogP contribution in [0.2, 0.25) is 0 Å². The minimum Gasteiger partial charge on any atom is -0.482 e. The van der Waals surface area contributed by atoms with Crippen LogP contribution >= 0.6 is 0 Å². The zero-order valence-corrected chi connectivity index (χ0v) is 16.7. The SMILES string of the molecule is Cc1ccc(CN2C(=O)COc3ccc(NC(=O)/C=C/c4ccccc4)cc32)cc1. The summed E-state index contributed by atoms with van der Waals surface area (Å²) in [4.78, 5) is 26.5. The third kappa shape index (κ3) is 4.58. The Morgan fingerprint density at radius 2 is 1.83 bits per heavy atom. The lowest BCUT2D eigenvalue weighted by molar-refractivity contribution is -0.121. The third-order valence-corrected chi connectivity index (χ3v) is 4.86. The van der Waals surface area contributed by atoms with E-state index in [1.54, 1.807) is 29.2 Å². The van der Waals surface area contributed by atoms with E-state index in [0.717, 1.165) is 11.1 Å². The third-order valence-electron chi connectivity index (χ3n) is 4.86. The van der Waals surface area contributed by atoms with Crippen molar-refractivity contribution in [3.63, 3.8) is 0 Å². The van der Waals surface area contributed by atoms with Crippen molar-refractivity contribution >= 4 is 29.3 Å². The van der Waals surface area contributed by atoms with Gasteiger partial charge in [-0.1, -0.05) is 60.2 Å². The van der Waals surface area contributed by atoms with Gasteiger partial charge in [-0.15, -0.1) is 0 Å². The van der Waals surface area contributed by atoms with Gasteiger partial charge >= 0.3 is 0 Å². The average Bonchev–Trinajstić information content (AvgIpc) is 2.76. The predicted molar refractivity (Wildman–Crippen MR) is 118 cm³/mol. The van der Waals surface area contributed by atoms with Crippen molar-refractivity contribution in [2.24, 2.45) is 0 Å². The molecule has 5 heteroatoms. The summed E-state index contributed by atoms with van der Waals surface area (Å²) in [6.07, 6.45) is 3.24. The summed E-state index contributed by atoms with van der Waals surface area (Å²) in [6.45, 7) is 2.48. The van der Waals surface area contributed by atoms with E-state index in [4.69, 9.17) is 4.74 Å². The Kier molecular flexibility index (Phi) is 5.61. The number of amides is 2. The molecule has 0 atom stereocenters. The Morgan fingerprint density at radius 1 is 1.07 bits per heavy atom. The van der Waals surface area contributed by atoms with Crippen LogP contribution in [-0.4, -0.2) is 18.4 Å².